The maximum atomic E-state index is 12.9. The van der Waals surface area contributed by atoms with Gasteiger partial charge in [0.15, 0.2) is 0 Å². The second-order valence-corrected chi connectivity index (χ2v) is 8.10. The summed E-state index contributed by atoms with van der Waals surface area (Å²) in [5.74, 6) is 1.99. The van der Waals surface area contributed by atoms with E-state index in [1.807, 2.05) is 66.4 Å². The molecule has 1 aliphatic heterocycles. The molecule has 3 aromatic carbocycles. The van der Waals surface area contributed by atoms with Crippen LogP contribution in [0.5, 0.6) is 5.75 Å². The molecule has 0 spiro atoms. The number of rotatable bonds is 5. The minimum Gasteiger partial charge on any atom is -0.496 e. The number of fused-ring (bicyclic) bond motifs is 1. The van der Waals surface area contributed by atoms with Crippen LogP contribution in [0.15, 0.2) is 72.8 Å². The molecule has 5 heteroatoms. The molecule has 31 heavy (non-hydrogen) atoms. The Hall–Kier alpha value is -3.60. The zero-order chi connectivity index (χ0) is 21.4. The van der Waals surface area contributed by atoms with Gasteiger partial charge in [0.1, 0.15) is 11.6 Å². The van der Waals surface area contributed by atoms with Crippen LogP contribution in [0.25, 0.3) is 11.0 Å². The highest BCUT2D eigenvalue weighted by Gasteiger charge is 2.35. The number of hydrogen-bond acceptors (Lipinski definition) is 3. The van der Waals surface area contributed by atoms with E-state index in [1.54, 1.807) is 7.11 Å². The molecule has 0 N–H and O–H groups in total. The molecule has 0 saturated carbocycles. The lowest BCUT2D eigenvalue weighted by molar-refractivity contribution is -0.117. The fraction of sp³-hybridized carbons (Fsp3) is 0.231. The topological polar surface area (TPSA) is 47.4 Å². The van der Waals surface area contributed by atoms with E-state index in [9.17, 15) is 4.79 Å². The summed E-state index contributed by atoms with van der Waals surface area (Å²) in [5.41, 5.74) is 5.23. The predicted octanol–water partition coefficient (Wildman–Crippen LogP) is 4.92. The Labute approximate surface area is 181 Å². The van der Waals surface area contributed by atoms with Gasteiger partial charge in [-0.1, -0.05) is 42.5 Å². The Bertz CT molecular complexity index is 1260. The van der Waals surface area contributed by atoms with E-state index in [0.717, 1.165) is 39.4 Å². The van der Waals surface area contributed by atoms with Crippen LogP contribution in [0.1, 0.15) is 29.3 Å². The average Bonchev–Trinajstić information content (AvgIpc) is 3.35. The third-order valence-electron chi connectivity index (χ3n) is 6.01. The first-order valence-corrected chi connectivity index (χ1v) is 10.6. The standard InChI is InChI=1S/C26H25N3O2/c1-18-8-7-10-21(14-18)28-17-20(15-25(28)30)26-27-22-11-4-5-12-23(22)29(26)16-19-9-3-6-13-24(19)31-2/h3-14,20H,15-17H2,1-2H3/t20-/m1/s1. The Kier molecular flexibility index (Phi) is 4.94. The molecular weight excluding hydrogens is 386 g/mol. The number of imidazole rings is 1. The van der Waals surface area contributed by atoms with Crippen molar-refractivity contribution in [2.24, 2.45) is 0 Å². The lowest BCUT2D eigenvalue weighted by Crippen LogP contribution is -2.24. The van der Waals surface area contributed by atoms with Gasteiger partial charge in [-0.05, 0) is 42.8 Å². The number of ether oxygens (including phenoxy) is 1. The average molecular weight is 412 g/mol. The Morgan fingerprint density at radius 1 is 1.03 bits per heavy atom. The summed E-state index contributed by atoms with van der Waals surface area (Å²) in [6, 6.07) is 24.3. The van der Waals surface area contributed by atoms with Crippen molar-refractivity contribution in [3.63, 3.8) is 0 Å². The number of para-hydroxylation sites is 3. The second kappa shape index (κ2) is 7.91. The van der Waals surface area contributed by atoms with E-state index in [-0.39, 0.29) is 11.8 Å². The van der Waals surface area contributed by atoms with E-state index in [4.69, 9.17) is 9.72 Å². The van der Waals surface area contributed by atoms with Crippen molar-refractivity contribution < 1.29 is 9.53 Å². The quantitative estimate of drug-likeness (QED) is 0.468. The van der Waals surface area contributed by atoms with Gasteiger partial charge in [-0.3, -0.25) is 4.79 Å². The number of anilines is 1. The first-order valence-electron chi connectivity index (χ1n) is 10.6. The number of aromatic nitrogens is 2. The molecule has 0 radical (unpaired) electrons. The predicted molar refractivity (Wildman–Crippen MR) is 123 cm³/mol. The number of benzene rings is 3. The molecule has 5 nitrogen and oxygen atoms in total. The molecule has 0 aliphatic carbocycles. The van der Waals surface area contributed by atoms with Crippen molar-refractivity contribution in [1.82, 2.24) is 9.55 Å². The molecular formula is C26H25N3O2. The van der Waals surface area contributed by atoms with Crippen LogP contribution in [-0.4, -0.2) is 29.1 Å². The normalized spacial score (nSPS) is 16.3. The fourth-order valence-corrected chi connectivity index (χ4v) is 4.50. The summed E-state index contributed by atoms with van der Waals surface area (Å²) in [7, 11) is 1.70. The van der Waals surface area contributed by atoms with Crippen molar-refractivity contribution in [3.8, 4) is 5.75 Å². The molecule has 156 valence electrons. The van der Waals surface area contributed by atoms with Gasteiger partial charge >= 0.3 is 0 Å². The van der Waals surface area contributed by atoms with Gasteiger partial charge in [-0.25, -0.2) is 4.98 Å². The summed E-state index contributed by atoms with van der Waals surface area (Å²) in [6.45, 7) is 3.33. The largest absolute Gasteiger partial charge is 0.496 e. The lowest BCUT2D eigenvalue weighted by Gasteiger charge is -2.18. The maximum absolute atomic E-state index is 12.9. The highest BCUT2D eigenvalue weighted by atomic mass is 16.5. The summed E-state index contributed by atoms with van der Waals surface area (Å²) in [6.07, 6.45) is 0.461. The minimum atomic E-state index is 0.0371. The summed E-state index contributed by atoms with van der Waals surface area (Å²) in [5, 5.41) is 0. The number of methoxy groups -OCH3 is 1. The second-order valence-electron chi connectivity index (χ2n) is 8.10. The molecule has 2 heterocycles. The lowest BCUT2D eigenvalue weighted by atomic mass is 10.1. The van der Waals surface area contributed by atoms with E-state index in [0.29, 0.717) is 19.5 Å². The molecule has 5 rings (SSSR count). The molecule has 1 aliphatic rings. The minimum absolute atomic E-state index is 0.0371. The van der Waals surface area contributed by atoms with Crippen LogP contribution >= 0.6 is 0 Å². The highest BCUT2D eigenvalue weighted by Crippen LogP contribution is 2.34. The molecule has 4 aromatic rings. The van der Waals surface area contributed by atoms with E-state index >= 15 is 0 Å². The molecule has 1 amide bonds. The van der Waals surface area contributed by atoms with Gasteiger partial charge < -0.3 is 14.2 Å². The number of amides is 1. The van der Waals surface area contributed by atoms with E-state index < -0.39 is 0 Å². The highest BCUT2D eigenvalue weighted by molar-refractivity contribution is 5.96. The zero-order valence-electron chi connectivity index (χ0n) is 17.8. The molecule has 0 unspecified atom stereocenters. The first kappa shape index (κ1) is 19.4. The van der Waals surface area contributed by atoms with Crippen molar-refractivity contribution in [2.45, 2.75) is 25.8 Å². The van der Waals surface area contributed by atoms with Crippen molar-refractivity contribution >= 4 is 22.6 Å². The Balaban J connectivity index is 1.54. The van der Waals surface area contributed by atoms with Crippen molar-refractivity contribution in [1.29, 1.82) is 0 Å². The number of nitrogens with zero attached hydrogens (tertiary/aromatic N) is 3. The molecule has 1 fully saturated rings. The monoisotopic (exact) mass is 411 g/mol. The zero-order valence-corrected chi connectivity index (χ0v) is 17.8. The van der Waals surface area contributed by atoms with Gasteiger partial charge in [-0.15, -0.1) is 0 Å². The van der Waals surface area contributed by atoms with Crippen LogP contribution < -0.4 is 9.64 Å². The van der Waals surface area contributed by atoms with Gasteiger partial charge in [0.2, 0.25) is 5.91 Å². The maximum Gasteiger partial charge on any atom is 0.227 e. The third kappa shape index (κ3) is 3.56. The fourth-order valence-electron chi connectivity index (χ4n) is 4.50. The van der Waals surface area contributed by atoms with Crippen molar-refractivity contribution in [2.75, 3.05) is 18.6 Å². The molecule has 0 bridgehead atoms. The SMILES string of the molecule is COc1ccccc1Cn1c([C@@H]2CC(=O)N(c3cccc(C)c3)C2)nc2ccccc21. The van der Waals surface area contributed by atoms with Crippen LogP contribution in [0, 0.1) is 6.92 Å². The Morgan fingerprint density at radius 3 is 2.68 bits per heavy atom. The van der Waals surface area contributed by atoms with Gasteiger partial charge in [0.25, 0.3) is 0 Å². The summed E-state index contributed by atoms with van der Waals surface area (Å²) < 4.78 is 7.82. The van der Waals surface area contributed by atoms with Crippen molar-refractivity contribution in [3.05, 3.63) is 89.7 Å². The molecule has 1 atom stereocenters. The summed E-state index contributed by atoms with van der Waals surface area (Å²) in [4.78, 5) is 19.8. The van der Waals surface area contributed by atoms with Crippen LogP contribution in [0.3, 0.4) is 0 Å². The van der Waals surface area contributed by atoms with Crippen LogP contribution in [-0.2, 0) is 11.3 Å². The number of aryl methyl sites for hydroxylation is 1. The van der Waals surface area contributed by atoms with Gasteiger partial charge in [0, 0.05) is 30.1 Å². The smallest absolute Gasteiger partial charge is 0.227 e. The van der Waals surface area contributed by atoms with Gasteiger partial charge in [-0.2, -0.15) is 0 Å². The van der Waals surface area contributed by atoms with Crippen LogP contribution in [0.4, 0.5) is 5.69 Å². The molecule has 1 saturated heterocycles. The number of carbonyl (C=O) groups excluding carboxylic acids is 1. The number of hydrogen-bond donors (Lipinski definition) is 0. The summed E-state index contributed by atoms with van der Waals surface area (Å²) >= 11 is 0. The van der Waals surface area contributed by atoms with E-state index in [1.165, 1.54) is 0 Å². The van der Waals surface area contributed by atoms with E-state index in [2.05, 4.69) is 22.8 Å². The molecule has 1 aromatic heterocycles. The van der Waals surface area contributed by atoms with Crippen LogP contribution in [0.2, 0.25) is 0 Å². The Morgan fingerprint density at radius 2 is 1.84 bits per heavy atom. The third-order valence-corrected chi connectivity index (χ3v) is 6.01. The number of carbonyl (C=O) groups is 1. The van der Waals surface area contributed by atoms with Gasteiger partial charge in [0.05, 0.1) is 24.7 Å². The first-order chi connectivity index (χ1) is 15.1.